The Labute approximate surface area is 154 Å². The molecule has 1 aliphatic rings. The average Bonchev–Trinajstić information content (AvgIpc) is 2.94. The van der Waals surface area contributed by atoms with Gasteiger partial charge in [-0.15, -0.1) is 0 Å². The summed E-state index contributed by atoms with van der Waals surface area (Å²) in [5.74, 6) is -0.634. The Bertz CT molecular complexity index is 730. The van der Waals surface area contributed by atoms with Gasteiger partial charge in [-0.25, -0.2) is 4.79 Å². The minimum atomic E-state index is -4.53. The van der Waals surface area contributed by atoms with E-state index in [0.717, 1.165) is 18.1 Å². The molecule has 0 unspecified atom stereocenters. The zero-order valence-electron chi connectivity index (χ0n) is 14.9. The zero-order chi connectivity index (χ0) is 20.0. The second kappa shape index (κ2) is 8.79. The molecule has 6 nitrogen and oxygen atoms in total. The summed E-state index contributed by atoms with van der Waals surface area (Å²) in [6, 6.07) is 3.58. The van der Waals surface area contributed by atoms with E-state index in [1.807, 2.05) is 19.9 Å². The van der Waals surface area contributed by atoms with Gasteiger partial charge >= 0.3 is 12.1 Å². The van der Waals surface area contributed by atoms with Crippen LogP contribution in [0.2, 0.25) is 0 Å². The van der Waals surface area contributed by atoms with E-state index in [9.17, 15) is 22.8 Å². The molecule has 1 heterocycles. The van der Waals surface area contributed by atoms with Crippen LogP contribution in [0.4, 0.5) is 13.2 Å². The minimum absolute atomic E-state index is 0.0499. The maximum absolute atomic E-state index is 12.0. The second-order valence-electron chi connectivity index (χ2n) is 5.90. The van der Waals surface area contributed by atoms with Crippen molar-refractivity contribution in [3.05, 3.63) is 29.3 Å². The molecule has 27 heavy (non-hydrogen) atoms. The molecule has 1 N–H and O–H groups in total. The van der Waals surface area contributed by atoms with Crippen molar-refractivity contribution in [2.75, 3.05) is 19.8 Å². The topological polar surface area (TPSA) is 73.9 Å². The number of nitrogens with one attached hydrogen (secondary N) is 1. The molecule has 1 aromatic carbocycles. The number of rotatable bonds is 7. The van der Waals surface area contributed by atoms with E-state index < -0.39 is 31.2 Å². The minimum Gasteiger partial charge on any atom is -0.493 e. The smallest absolute Gasteiger partial charge is 0.405 e. The molecule has 0 fully saturated rings. The van der Waals surface area contributed by atoms with Gasteiger partial charge < -0.3 is 19.5 Å². The molecular weight excluding hydrogens is 367 g/mol. The first-order valence-electron chi connectivity index (χ1n) is 8.32. The first kappa shape index (κ1) is 20.6. The highest BCUT2D eigenvalue weighted by molar-refractivity contribution is 5.89. The molecule has 0 bridgehead atoms. The van der Waals surface area contributed by atoms with Crippen LogP contribution < -0.4 is 14.8 Å². The summed E-state index contributed by atoms with van der Waals surface area (Å²) < 4.78 is 51.8. The van der Waals surface area contributed by atoms with Crippen LogP contribution in [0.3, 0.4) is 0 Å². The zero-order valence-corrected chi connectivity index (χ0v) is 14.9. The van der Waals surface area contributed by atoms with E-state index in [4.69, 9.17) is 9.47 Å². The SMILES string of the molecule is CCOc1cc2c(cc1/C=C/C(=O)OCC(=O)NCC(F)(F)F)O[C@@H](C)C2. The van der Waals surface area contributed by atoms with Gasteiger partial charge in [0.25, 0.3) is 5.91 Å². The molecule has 0 spiro atoms. The standard InChI is InChI=1S/C18H20F3NO5/c1-3-25-14-8-13-6-11(2)27-15(13)7-12(14)4-5-17(24)26-9-16(23)22-10-18(19,20)21/h4-5,7-8,11H,3,6,9-10H2,1-2H3,(H,22,23)/b5-4+/t11-/m0/s1. The van der Waals surface area contributed by atoms with Crippen molar-refractivity contribution in [1.82, 2.24) is 5.32 Å². The number of carbonyl (C=O) groups excluding carboxylic acids is 2. The lowest BCUT2D eigenvalue weighted by atomic mass is 10.1. The number of hydrogen-bond donors (Lipinski definition) is 1. The summed E-state index contributed by atoms with van der Waals surface area (Å²) in [5.41, 5.74) is 1.59. The largest absolute Gasteiger partial charge is 0.493 e. The Morgan fingerprint density at radius 1 is 1.37 bits per heavy atom. The number of ether oxygens (including phenoxy) is 3. The highest BCUT2D eigenvalue weighted by atomic mass is 19.4. The van der Waals surface area contributed by atoms with E-state index in [0.29, 0.717) is 23.7 Å². The molecule has 1 atom stereocenters. The third-order valence-corrected chi connectivity index (χ3v) is 3.56. The molecule has 1 aliphatic heterocycles. The molecule has 2 rings (SSSR count). The van der Waals surface area contributed by atoms with Crippen LogP contribution in [-0.4, -0.2) is 43.9 Å². The van der Waals surface area contributed by atoms with E-state index in [-0.39, 0.29) is 6.10 Å². The Kier molecular flexibility index (Phi) is 6.70. The fourth-order valence-corrected chi connectivity index (χ4v) is 2.46. The van der Waals surface area contributed by atoms with Gasteiger partial charge in [-0.05, 0) is 32.1 Å². The van der Waals surface area contributed by atoms with Crippen molar-refractivity contribution in [1.29, 1.82) is 0 Å². The number of amides is 1. The summed E-state index contributed by atoms with van der Waals surface area (Å²) in [6.45, 7) is 1.91. The third kappa shape index (κ3) is 6.50. The van der Waals surface area contributed by atoms with Crippen molar-refractivity contribution < 1.29 is 37.0 Å². The normalized spacial score (nSPS) is 16.0. The molecular formula is C18H20F3NO5. The summed E-state index contributed by atoms with van der Waals surface area (Å²) in [5, 5.41) is 1.61. The fourth-order valence-electron chi connectivity index (χ4n) is 2.46. The van der Waals surface area contributed by atoms with Crippen LogP contribution in [-0.2, 0) is 20.7 Å². The second-order valence-corrected chi connectivity index (χ2v) is 5.90. The number of hydrogen-bond acceptors (Lipinski definition) is 5. The van der Waals surface area contributed by atoms with Gasteiger partial charge in [-0.1, -0.05) is 0 Å². The van der Waals surface area contributed by atoms with Gasteiger partial charge in [-0.2, -0.15) is 13.2 Å². The third-order valence-electron chi connectivity index (χ3n) is 3.56. The van der Waals surface area contributed by atoms with Crippen molar-refractivity contribution in [3.8, 4) is 11.5 Å². The number of benzene rings is 1. The monoisotopic (exact) mass is 387 g/mol. The average molecular weight is 387 g/mol. The van der Waals surface area contributed by atoms with Gasteiger partial charge in [0.05, 0.1) is 6.61 Å². The van der Waals surface area contributed by atoms with E-state index in [1.54, 1.807) is 11.4 Å². The van der Waals surface area contributed by atoms with Crippen molar-refractivity contribution in [2.45, 2.75) is 32.5 Å². The van der Waals surface area contributed by atoms with Crippen molar-refractivity contribution in [2.24, 2.45) is 0 Å². The Morgan fingerprint density at radius 2 is 2.11 bits per heavy atom. The Morgan fingerprint density at radius 3 is 2.78 bits per heavy atom. The first-order valence-corrected chi connectivity index (χ1v) is 8.32. The van der Waals surface area contributed by atoms with E-state index >= 15 is 0 Å². The number of halogens is 3. The summed E-state index contributed by atoms with van der Waals surface area (Å²) in [6.07, 6.45) is -1.21. The lowest BCUT2D eigenvalue weighted by molar-refractivity contribution is -0.148. The number of alkyl halides is 3. The quantitative estimate of drug-likeness (QED) is 0.575. The molecule has 1 amide bonds. The Balaban J connectivity index is 1.95. The molecule has 0 saturated carbocycles. The summed E-state index contributed by atoms with van der Waals surface area (Å²) in [7, 11) is 0. The van der Waals surface area contributed by atoms with Crippen molar-refractivity contribution in [3.63, 3.8) is 0 Å². The van der Waals surface area contributed by atoms with Crippen molar-refractivity contribution >= 4 is 18.0 Å². The highest BCUT2D eigenvalue weighted by Gasteiger charge is 2.27. The van der Waals surface area contributed by atoms with Crippen LogP contribution in [0.5, 0.6) is 11.5 Å². The molecule has 0 saturated heterocycles. The number of carbonyl (C=O) groups is 2. The van der Waals surface area contributed by atoms with E-state index in [2.05, 4.69) is 4.74 Å². The predicted octanol–water partition coefficient (Wildman–Crippen LogP) is 2.64. The van der Waals surface area contributed by atoms with Gasteiger partial charge in [0.15, 0.2) is 6.61 Å². The van der Waals surface area contributed by atoms with Gasteiger partial charge in [0, 0.05) is 23.6 Å². The lowest BCUT2D eigenvalue weighted by Crippen LogP contribution is -2.36. The highest BCUT2D eigenvalue weighted by Crippen LogP contribution is 2.35. The van der Waals surface area contributed by atoms with Gasteiger partial charge in [-0.3, -0.25) is 4.79 Å². The van der Waals surface area contributed by atoms with Crippen LogP contribution >= 0.6 is 0 Å². The molecule has 1 aromatic rings. The molecule has 0 aliphatic carbocycles. The fraction of sp³-hybridized carbons (Fsp3) is 0.444. The van der Waals surface area contributed by atoms with Gasteiger partial charge in [0.1, 0.15) is 24.1 Å². The van der Waals surface area contributed by atoms with Crippen LogP contribution in [0.1, 0.15) is 25.0 Å². The first-order chi connectivity index (χ1) is 12.7. The maximum atomic E-state index is 12.0. The number of fused-ring (bicyclic) bond motifs is 1. The van der Waals surface area contributed by atoms with E-state index in [1.165, 1.54) is 6.08 Å². The van der Waals surface area contributed by atoms with Gasteiger partial charge in [0.2, 0.25) is 0 Å². The Hall–Kier alpha value is -2.71. The summed E-state index contributed by atoms with van der Waals surface area (Å²) >= 11 is 0. The predicted molar refractivity (Wildman–Crippen MR) is 90.5 cm³/mol. The lowest BCUT2D eigenvalue weighted by Gasteiger charge is -2.10. The molecule has 0 radical (unpaired) electrons. The maximum Gasteiger partial charge on any atom is 0.405 e. The summed E-state index contributed by atoms with van der Waals surface area (Å²) in [4.78, 5) is 22.9. The number of esters is 1. The molecule has 9 heteroatoms. The van der Waals surface area contributed by atoms with Crippen LogP contribution in [0.15, 0.2) is 18.2 Å². The molecule has 0 aromatic heterocycles. The van der Waals surface area contributed by atoms with Crippen LogP contribution in [0, 0.1) is 0 Å². The van der Waals surface area contributed by atoms with Crippen LogP contribution in [0.25, 0.3) is 6.08 Å². The molecule has 148 valence electrons.